The molecule has 2 rings (SSSR count). The van der Waals surface area contributed by atoms with Gasteiger partial charge in [-0.1, -0.05) is 6.07 Å². The fourth-order valence-corrected chi connectivity index (χ4v) is 1.81. The van der Waals surface area contributed by atoms with E-state index in [1.165, 1.54) is 7.11 Å². The molecule has 0 saturated heterocycles. The molecule has 0 atom stereocenters. The minimum Gasteiger partial charge on any atom is -0.497 e. The number of benzene rings is 1. The maximum absolute atomic E-state index is 12.7. The zero-order valence-electron chi connectivity index (χ0n) is 11.0. The minimum atomic E-state index is -4.22. The van der Waals surface area contributed by atoms with E-state index < -0.39 is 11.6 Å². The van der Waals surface area contributed by atoms with E-state index in [2.05, 4.69) is 10.3 Å². The number of rotatable bonds is 4. The van der Waals surface area contributed by atoms with Gasteiger partial charge in [-0.2, -0.15) is 13.2 Å². The molecule has 0 amide bonds. The number of alkyl halides is 3. The molecule has 0 radical (unpaired) electrons. The van der Waals surface area contributed by atoms with Crippen LogP contribution in [-0.2, 0) is 0 Å². The third-order valence-corrected chi connectivity index (χ3v) is 3.35. The van der Waals surface area contributed by atoms with Crippen molar-refractivity contribution in [3.8, 4) is 5.75 Å². The smallest absolute Gasteiger partial charge is 0.396 e. The summed E-state index contributed by atoms with van der Waals surface area (Å²) in [5.74, 6) is 0.588. The standard InChI is InChI=1S/C13H16F3N3O/c1-20-10-4-2-3-9(7-10)19-11(17)18-8-12(5-6-12)13(14,15)16/h2-4,7H,5-6,8H2,1H3,(H3,17,18,19). The van der Waals surface area contributed by atoms with Gasteiger partial charge in [-0.05, 0) is 25.0 Å². The van der Waals surface area contributed by atoms with Crippen molar-refractivity contribution in [2.24, 2.45) is 16.1 Å². The number of ether oxygens (including phenoxy) is 1. The van der Waals surface area contributed by atoms with E-state index in [4.69, 9.17) is 10.5 Å². The minimum absolute atomic E-state index is 0.0335. The van der Waals surface area contributed by atoms with Gasteiger partial charge in [-0.15, -0.1) is 0 Å². The molecule has 1 aliphatic rings. The van der Waals surface area contributed by atoms with Gasteiger partial charge in [-0.3, -0.25) is 4.99 Å². The lowest BCUT2D eigenvalue weighted by molar-refractivity contribution is -0.183. The molecule has 1 aromatic carbocycles. The van der Waals surface area contributed by atoms with Crippen LogP contribution in [0.4, 0.5) is 18.9 Å². The second kappa shape index (κ2) is 5.22. The van der Waals surface area contributed by atoms with Gasteiger partial charge < -0.3 is 15.8 Å². The summed E-state index contributed by atoms with van der Waals surface area (Å²) in [6, 6.07) is 6.90. The molecule has 0 bridgehead atoms. The highest BCUT2D eigenvalue weighted by Gasteiger charge is 2.63. The van der Waals surface area contributed by atoms with E-state index in [1.807, 2.05) is 0 Å². The van der Waals surface area contributed by atoms with Crippen LogP contribution in [0, 0.1) is 5.41 Å². The quantitative estimate of drug-likeness (QED) is 0.661. The molecule has 0 heterocycles. The fourth-order valence-electron chi connectivity index (χ4n) is 1.81. The summed E-state index contributed by atoms with van der Waals surface area (Å²) in [5, 5.41) is 2.75. The lowest BCUT2D eigenvalue weighted by atomic mass is 10.1. The van der Waals surface area contributed by atoms with E-state index in [-0.39, 0.29) is 25.3 Å². The molecule has 3 N–H and O–H groups in total. The third kappa shape index (κ3) is 3.15. The van der Waals surface area contributed by atoms with E-state index in [0.717, 1.165) is 0 Å². The molecule has 0 aliphatic heterocycles. The zero-order valence-corrected chi connectivity index (χ0v) is 11.0. The average Bonchev–Trinajstić information content (AvgIpc) is 3.17. The number of anilines is 1. The third-order valence-electron chi connectivity index (χ3n) is 3.35. The second-order valence-electron chi connectivity index (χ2n) is 4.84. The van der Waals surface area contributed by atoms with Crippen LogP contribution in [0.2, 0.25) is 0 Å². The van der Waals surface area contributed by atoms with Gasteiger partial charge in [0.1, 0.15) is 5.75 Å². The number of guanidine groups is 1. The Morgan fingerprint density at radius 3 is 2.70 bits per heavy atom. The lowest BCUT2D eigenvalue weighted by Gasteiger charge is -2.17. The summed E-state index contributed by atoms with van der Waals surface area (Å²) in [6.07, 6.45) is -3.98. The zero-order chi connectivity index (χ0) is 14.8. The Balaban J connectivity index is 1.98. The Hall–Kier alpha value is -1.92. The van der Waals surface area contributed by atoms with Crippen molar-refractivity contribution in [3.05, 3.63) is 24.3 Å². The summed E-state index contributed by atoms with van der Waals surface area (Å²) in [4.78, 5) is 3.80. The molecule has 1 saturated carbocycles. The van der Waals surface area contributed by atoms with Crippen LogP contribution in [0.3, 0.4) is 0 Å². The van der Waals surface area contributed by atoms with E-state index in [0.29, 0.717) is 11.4 Å². The molecule has 20 heavy (non-hydrogen) atoms. The van der Waals surface area contributed by atoms with Crippen molar-refractivity contribution in [1.82, 2.24) is 0 Å². The molecule has 1 fully saturated rings. The van der Waals surface area contributed by atoms with Crippen molar-refractivity contribution < 1.29 is 17.9 Å². The molecule has 0 unspecified atom stereocenters. The van der Waals surface area contributed by atoms with Gasteiger partial charge in [0.05, 0.1) is 19.1 Å². The SMILES string of the molecule is COc1cccc(NC(N)=NCC2(C(F)(F)F)CC2)c1. The van der Waals surface area contributed by atoms with E-state index in [9.17, 15) is 13.2 Å². The Morgan fingerprint density at radius 1 is 1.45 bits per heavy atom. The number of hydrogen-bond donors (Lipinski definition) is 2. The van der Waals surface area contributed by atoms with Gasteiger partial charge in [0.25, 0.3) is 0 Å². The molecule has 0 aromatic heterocycles. The van der Waals surface area contributed by atoms with Crippen LogP contribution >= 0.6 is 0 Å². The van der Waals surface area contributed by atoms with Crippen LogP contribution < -0.4 is 15.8 Å². The Bertz CT molecular complexity index is 510. The molecule has 7 heteroatoms. The first kappa shape index (κ1) is 14.5. The maximum atomic E-state index is 12.7. The monoisotopic (exact) mass is 287 g/mol. The first-order valence-electron chi connectivity index (χ1n) is 6.14. The first-order valence-corrected chi connectivity index (χ1v) is 6.14. The van der Waals surface area contributed by atoms with Crippen LogP contribution in [0.1, 0.15) is 12.8 Å². The largest absolute Gasteiger partial charge is 0.497 e. The highest BCUT2D eigenvalue weighted by molar-refractivity contribution is 5.92. The van der Waals surface area contributed by atoms with Crippen molar-refractivity contribution >= 4 is 11.6 Å². The number of aliphatic imine (C=N–C) groups is 1. The van der Waals surface area contributed by atoms with Gasteiger partial charge in [0.2, 0.25) is 0 Å². The lowest BCUT2D eigenvalue weighted by Crippen LogP contribution is -2.30. The maximum Gasteiger partial charge on any atom is 0.396 e. The van der Waals surface area contributed by atoms with Crippen LogP contribution in [0.25, 0.3) is 0 Å². The van der Waals surface area contributed by atoms with Gasteiger partial charge in [0.15, 0.2) is 5.96 Å². The molecule has 110 valence electrons. The highest BCUT2D eigenvalue weighted by atomic mass is 19.4. The van der Waals surface area contributed by atoms with E-state index in [1.54, 1.807) is 24.3 Å². The second-order valence-corrected chi connectivity index (χ2v) is 4.84. The summed E-state index contributed by atoms with van der Waals surface area (Å²) in [6.45, 7) is -0.334. The molecule has 1 aliphatic carbocycles. The Morgan fingerprint density at radius 2 is 2.15 bits per heavy atom. The average molecular weight is 287 g/mol. The Kier molecular flexibility index (Phi) is 3.78. The van der Waals surface area contributed by atoms with Crippen molar-refractivity contribution in [1.29, 1.82) is 0 Å². The molecule has 4 nitrogen and oxygen atoms in total. The number of nitrogens with one attached hydrogen (secondary N) is 1. The number of nitrogens with zero attached hydrogens (tertiary/aromatic N) is 1. The summed E-state index contributed by atoms with van der Waals surface area (Å²) < 4.78 is 43.2. The molecule has 1 aromatic rings. The van der Waals surface area contributed by atoms with Crippen LogP contribution in [0.5, 0.6) is 5.75 Å². The number of hydrogen-bond acceptors (Lipinski definition) is 2. The van der Waals surface area contributed by atoms with Gasteiger partial charge >= 0.3 is 6.18 Å². The van der Waals surface area contributed by atoms with Crippen molar-refractivity contribution in [3.63, 3.8) is 0 Å². The normalized spacial score (nSPS) is 17.7. The topological polar surface area (TPSA) is 59.6 Å². The van der Waals surface area contributed by atoms with Crippen LogP contribution in [0.15, 0.2) is 29.3 Å². The van der Waals surface area contributed by atoms with E-state index >= 15 is 0 Å². The van der Waals surface area contributed by atoms with Crippen LogP contribution in [-0.4, -0.2) is 25.8 Å². The van der Waals surface area contributed by atoms with Crippen molar-refractivity contribution in [2.45, 2.75) is 19.0 Å². The predicted molar refractivity (Wildman–Crippen MR) is 70.8 cm³/mol. The fraction of sp³-hybridized carbons (Fsp3) is 0.462. The van der Waals surface area contributed by atoms with Gasteiger partial charge in [-0.25, -0.2) is 0 Å². The summed E-state index contributed by atoms with van der Waals surface area (Å²) in [5.41, 5.74) is 4.55. The first-order chi connectivity index (χ1) is 9.36. The molecular weight excluding hydrogens is 271 g/mol. The predicted octanol–water partition coefficient (Wildman–Crippen LogP) is 2.76. The number of methoxy groups -OCH3 is 1. The summed E-state index contributed by atoms with van der Waals surface area (Å²) >= 11 is 0. The summed E-state index contributed by atoms with van der Waals surface area (Å²) in [7, 11) is 1.52. The Labute approximate surface area is 114 Å². The molecular formula is C13H16F3N3O. The van der Waals surface area contributed by atoms with Gasteiger partial charge in [0, 0.05) is 11.8 Å². The highest BCUT2D eigenvalue weighted by Crippen LogP contribution is 2.57. The number of nitrogens with two attached hydrogens (primary N) is 1. The number of halogens is 3. The van der Waals surface area contributed by atoms with Crippen molar-refractivity contribution in [2.75, 3.05) is 19.0 Å². The molecule has 0 spiro atoms.